The van der Waals surface area contributed by atoms with Crippen molar-refractivity contribution in [2.45, 2.75) is 0 Å². The van der Waals surface area contributed by atoms with Crippen LogP contribution in [0.3, 0.4) is 0 Å². The maximum atomic E-state index is 8.88. The van der Waals surface area contributed by atoms with E-state index in [-0.39, 0.29) is 45.5 Å². The van der Waals surface area contributed by atoms with Crippen LogP contribution in [0.15, 0.2) is 0 Å². The fourth-order valence-electron chi connectivity index (χ4n) is 0. The monoisotopic (exact) mass is 266 g/mol. The predicted molar refractivity (Wildman–Crippen MR) is 33.7 cm³/mol. The molecule has 0 heterocycles. The van der Waals surface area contributed by atoms with Crippen molar-refractivity contribution in [3.8, 4) is 0 Å². The number of hydrogen-bond donors (Lipinski definition) is 5. The molecular weight excluding hydrogens is 259 g/mol. The van der Waals surface area contributed by atoms with Gasteiger partial charge in [-0.05, 0) is 0 Å². The molecule has 0 aliphatic rings. The average molecular weight is 266 g/mol. The first-order valence-corrected chi connectivity index (χ1v) is 4.30. The van der Waals surface area contributed by atoms with Crippen molar-refractivity contribution < 1.29 is 33.3 Å². The summed E-state index contributed by atoms with van der Waals surface area (Å²) < 4.78 is 17.6. The van der Waals surface area contributed by atoms with Crippen LogP contribution < -0.4 is 0 Å². The molecule has 10 heavy (non-hydrogen) atoms. The van der Waals surface area contributed by atoms with E-state index in [0.717, 1.165) is 0 Å². The molecule has 0 atom stereocenters. The van der Waals surface area contributed by atoms with Gasteiger partial charge >= 0.3 is 62.5 Å². The van der Waals surface area contributed by atoms with Crippen molar-refractivity contribution in [2.75, 3.05) is 0 Å². The molecule has 0 radical (unpaired) electrons. The summed E-state index contributed by atoms with van der Waals surface area (Å²) in [4.78, 5) is 35.9. The van der Waals surface area contributed by atoms with Gasteiger partial charge in [0, 0.05) is 0 Å². The third-order valence-corrected chi connectivity index (χ3v) is 0. The van der Waals surface area contributed by atoms with Crippen LogP contribution in [0.25, 0.3) is 0 Å². The van der Waals surface area contributed by atoms with Gasteiger partial charge in [-0.1, -0.05) is 0 Å². The van der Waals surface area contributed by atoms with Crippen LogP contribution in [0, 0.1) is 0 Å². The molecule has 0 saturated carbocycles. The molecule has 0 rings (SSSR count). The van der Waals surface area contributed by atoms with E-state index in [0.29, 0.717) is 0 Å². The number of hydrogen-bond acceptors (Lipinski definition) is 2. The summed E-state index contributed by atoms with van der Waals surface area (Å²) in [6.45, 7) is 0. The van der Waals surface area contributed by atoms with E-state index in [4.69, 9.17) is 33.3 Å². The third kappa shape index (κ3) is 425. The Morgan fingerprint density at radius 1 is 1.10 bits per heavy atom. The Balaban J connectivity index is -0.0000000910. The van der Waals surface area contributed by atoms with Crippen LogP contribution in [0.5, 0.6) is 0 Å². The Hall–Kier alpha value is 1.21. The van der Waals surface area contributed by atoms with Crippen molar-refractivity contribution in [1.29, 1.82) is 0 Å². The van der Waals surface area contributed by atoms with Crippen LogP contribution in [0.1, 0.15) is 0 Å². The fraction of sp³-hybridized carbons (Fsp3) is 0. The average Bonchev–Trinajstić information content (AvgIpc) is 1.19. The summed E-state index contributed by atoms with van der Waals surface area (Å²) in [5.41, 5.74) is 0. The molecule has 0 aliphatic carbocycles. The van der Waals surface area contributed by atoms with E-state index < -0.39 is 17.0 Å². The van der Waals surface area contributed by atoms with Crippen LogP contribution in [0.4, 0.5) is 0 Å². The van der Waals surface area contributed by atoms with E-state index in [9.17, 15) is 0 Å². The molecule has 0 unspecified atom stereocenters. The van der Waals surface area contributed by atoms with Gasteiger partial charge in [0.25, 0.3) is 0 Å². The van der Waals surface area contributed by atoms with Crippen molar-refractivity contribution in [1.82, 2.24) is 0 Å². The molecule has 0 aromatic heterocycles. The summed E-state index contributed by atoms with van der Waals surface area (Å²) >= 11 is 0. The van der Waals surface area contributed by atoms with Gasteiger partial charge in [-0.3, -0.25) is 4.46 Å². The maximum absolute atomic E-state index is 8.88. The first-order valence-electron chi connectivity index (χ1n) is 1.43. The quantitative estimate of drug-likeness (QED) is 0.227. The van der Waals surface area contributed by atoms with Gasteiger partial charge in [-0.25, -0.2) is 4.57 Å². The van der Waals surface area contributed by atoms with E-state index in [1.165, 1.54) is 0 Å². The third-order valence-electron chi connectivity index (χ3n) is 0. The van der Waals surface area contributed by atoms with E-state index in [1.54, 1.807) is 0 Å². The molecule has 0 fully saturated rings. The van der Waals surface area contributed by atoms with Crippen molar-refractivity contribution in [3.05, 3.63) is 0 Å². The first-order chi connectivity index (χ1) is 3.73. The summed E-state index contributed by atoms with van der Waals surface area (Å²) in [6, 6.07) is 0. The molecule has 60 valence electrons. The second-order valence-electron chi connectivity index (χ2n) is 0.796. The van der Waals surface area contributed by atoms with Gasteiger partial charge in [-0.2, -0.15) is 0 Å². The van der Waals surface area contributed by atoms with Crippen LogP contribution in [-0.4, -0.2) is 78.9 Å². The summed E-state index contributed by atoms with van der Waals surface area (Å²) in [5.74, 6) is 0. The Morgan fingerprint density at radius 3 is 1.10 bits per heavy atom. The normalized spacial score (nSPS) is 8.30. The standard InChI is InChI=1S/H3O4P.H2O3Si.Sr.2H/c1-5(2,3)4;1-4(2)3;;;/h(H3,1,2,3,4);1-2H;;;. The van der Waals surface area contributed by atoms with Crippen molar-refractivity contribution >= 4 is 62.5 Å². The van der Waals surface area contributed by atoms with Crippen LogP contribution >= 0.6 is 7.82 Å². The van der Waals surface area contributed by atoms with Gasteiger partial charge < -0.3 is 24.3 Å². The second-order valence-corrected chi connectivity index (χ2v) is 2.39. The second kappa shape index (κ2) is 8.31. The zero-order valence-electron chi connectivity index (χ0n) is 4.00. The van der Waals surface area contributed by atoms with Crippen LogP contribution in [0.2, 0.25) is 0 Å². The van der Waals surface area contributed by atoms with E-state index in [2.05, 4.69) is 0 Å². The van der Waals surface area contributed by atoms with Gasteiger partial charge in [0.2, 0.25) is 0 Å². The van der Waals surface area contributed by atoms with Gasteiger partial charge in [0.1, 0.15) is 0 Å². The fourth-order valence-corrected chi connectivity index (χ4v) is 0. The van der Waals surface area contributed by atoms with Gasteiger partial charge in [0.05, 0.1) is 0 Å². The summed E-state index contributed by atoms with van der Waals surface area (Å²) in [7, 11) is -7.77. The summed E-state index contributed by atoms with van der Waals surface area (Å²) in [5, 5.41) is 0. The molecule has 0 aliphatic heterocycles. The minimum atomic E-state index is -4.64. The molecule has 0 spiro atoms. The predicted octanol–water partition coefficient (Wildman–Crippen LogP) is -3.46. The Labute approximate surface area is 94.7 Å². The zero-order chi connectivity index (χ0) is 8.08. The molecule has 0 amide bonds. The Bertz CT molecular complexity index is 113. The number of rotatable bonds is 0. The van der Waals surface area contributed by atoms with Crippen molar-refractivity contribution in [3.63, 3.8) is 0 Å². The minimum absolute atomic E-state index is 0. The topological polar surface area (TPSA) is 135 Å². The summed E-state index contributed by atoms with van der Waals surface area (Å²) in [6.07, 6.45) is 0. The first kappa shape index (κ1) is 17.3. The van der Waals surface area contributed by atoms with E-state index in [1.807, 2.05) is 0 Å². The molecule has 0 aromatic carbocycles. The van der Waals surface area contributed by atoms with Gasteiger partial charge in [0.15, 0.2) is 0 Å². The Morgan fingerprint density at radius 2 is 1.10 bits per heavy atom. The Kier molecular flexibility index (Phi) is 14.4. The zero-order valence-corrected chi connectivity index (χ0v) is 5.89. The molecule has 10 heteroatoms. The van der Waals surface area contributed by atoms with Gasteiger partial charge in [-0.15, -0.1) is 0 Å². The van der Waals surface area contributed by atoms with Crippen molar-refractivity contribution in [2.24, 2.45) is 0 Å². The van der Waals surface area contributed by atoms with E-state index >= 15 is 0 Å². The number of phosphoric acid groups is 1. The molecule has 5 N–H and O–H groups in total. The molecular formula is H7O7PSiSr. The molecule has 0 aromatic rings. The molecule has 0 saturated heterocycles. The SMILES string of the molecule is O=P(O)(O)O.O=[Si](O)O.[SrH2]. The molecule has 7 nitrogen and oxygen atoms in total. The molecule has 0 bridgehead atoms. The van der Waals surface area contributed by atoms with Crippen LogP contribution in [-0.2, 0) is 9.03 Å².